The molecule has 2 unspecified atom stereocenters. The summed E-state index contributed by atoms with van der Waals surface area (Å²) in [6.07, 6.45) is 23.0. The summed E-state index contributed by atoms with van der Waals surface area (Å²) in [6.45, 7) is 9.77. The number of aryl methyl sites for hydroxylation is 2. The van der Waals surface area contributed by atoms with E-state index in [2.05, 4.69) is 112 Å². The molecule has 0 amide bonds. The molecule has 0 bridgehead atoms. The van der Waals surface area contributed by atoms with E-state index in [1.165, 1.54) is 44.5 Å². The van der Waals surface area contributed by atoms with E-state index in [-0.39, 0.29) is 0 Å². The molecule has 0 aliphatic heterocycles. The Morgan fingerprint density at radius 3 is 1.52 bits per heavy atom. The van der Waals surface area contributed by atoms with Gasteiger partial charge in [0.2, 0.25) is 0 Å². The summed E-state index contributed by atoms with van der Waals surface area (Å²) in [5.74, 6) is 0.846. The topological polar surface area (TPSA) is 0 Å². The van der Waals surface area contributed by atoms with Crippen LogP contribution in [0.1, 0.15) is 45.2 Å². The van der Waals surface area contributed by atoms with Crippen LogP contribution in [0.4, 0.5) is 0 Å². The fourth-order valence-electron chi connectivity index (χ4n) is 6.42. The Morgan fingerprint density at radius 2 is 1.06 bits per heavy atom. The van der Waals surface area contributed by atoms with Crippen LogP contribution in [-0.2, 0) is 0 Å². The fraction of sp³-hybridized carbons (Fsp3) is 0.200. The zero-order valence-corrected chi connectivity index (χ0v) is 19.7. The Balaban J connectivity index is 1.60. The second-order valence-corrected chi connectivity index (χ2v) is 14.1. The molecule has 31 heavy (non-hydrogen) atoms. The fourth-order valence-corrected chi connectivity index (χ4v) is 10.6. The van der Waals surface area contributed by atoms with Crippen LogP contribution in [-0.4, -0.2) is 8.07 Å². The van der Waals surface area contributed by atoms with Crippen molar-refractivity contribution in [1.29, 1.82) is 0 Å². The highest BCUT2D eigenvalue weighted by Crippen LogP contribution is 2.42. The summed E-state index contributed by atoms with van der Waals surface area (Å²) in [5, 5.41) is 3.23. The van der Waals surface area contributed by atoms with E-state index >= 15 is 0 Å². The van der Waals surface area contributed by atoms with Gasteiger partial charge in [-0.3, -0.25) is 0 Å². The van der Waals surface area contributed by atoms with Gasteiger partial charge in [-0.05, 0) is 57.6 Å². The average molecular weight is 417 g/mol. The van der Waals surface area contributed by atoms with Crippen molar-refractivity contribution in [3.63, 3.8) is 0 Å². The van der Waals surface area contributed by atoms with Gasteiger partial charge in [0, 0.05) is 11.8 Å². The molecule has 1 heteroatoms. The molecule has 0 radical (unpaired) electrons. The molecule has 0 saturated carbocycles. The van der Waals surface area contributed by atoms with Crippen LogP contribution in [0.2, 0.25) is 13.1 Å². The molecule has 4 aliphatic rings. The predicted molar refractivity (Wildman–Crippen MR) is 137 cm³/mol. The Morgan fingerprint density at radius 1 is 0.613 bits per heavy atom. The first-order valence-corrected chi connectivity index (χ1v) is 14.4. The summed E-state index contributed by atoms with van der Waals surface area (Å²) in [4.78, 5) is 0. The van der Waals surface area contributed by atoms with Gasteiger partial charge in [-0.15, -0.1) is 0 Å². The maximum absolute atomic E-state index is 2.57. The van der Waals surface area contributed by atoms with Gasteiger partial charge in [0.1, 0.15) is 8.07 Å². The SMILES string of the molecule is Cc1ccc2c(c1[Si](C)(C)c1c(C)ccc3c1C=C1C=CC=CC13)C=C1C=CC=CC12. The predicted octanol–water partition coefficient (Wildman–Crippen LogP) is 6.34. The quantitative estimate of drug-likeness (QED) is 0.501. The molecule has 0 spiro atoms. The number of benzene rings is 2. The average Bonchev–Trinajstić information content (AvgIpc) is 3.30. The molecule has 152 valence electrons. The van der Waals surface area contributed by atoms with Gasteiger partial charge in [-0.25, -0.2) is 0 Å². The standard InChI is InChI=1S/C30H28Si/c1-19-13-15-25-23-11-7-5-9-21(23)17-27(25)29(19)31(3,4)30-20(2)14-16-26-24-12-8-6-10-22(24)18-28(26)30/h5-18,23-24H,1-4H3. The molecule has 0 nitrogen and oxygen atoms in total. The van der Waals surface area contributed by atoms with Crippen molar-refractivity contribution in [2.75, 3.05) is 0 Å². The highest BCUT2D eigenvalue weighted by atomic mass is 28.3. The molecule has 2 aromatic rings. The van der Waals surface area contributed by atoms with Crippen LogP contribution in [0, 0.1) is 13.8 Å². The Hall–Kier alpha value is -2.90. The van der Waals surface area contributed by atoms with Gasteiger partial charge in [0.15, 0.2) is 0 Å². The van der Waals surface area contributed by atoms with Crippen LogP contribution >= 0.6 is 0 Å². The van der Waals surface area contributed by atoms with Crippen LogP contribution in [0.25, 0.3) is 12.2 Å². The lowest BCUT2D eigenvalue weighted by Crippen LogP contribution is -2.57. The minimum Gasteiger partial charge on any atom is -0.0726 e. The summed E-state index contributed by atoms with van der Waals surface area (Å²) in [7, 11) is -1.97. The van der Waals surface area contributed by atoms with Crippen LogP contribution in [0.3, 0.4) is 0 Å². The molecule has 0 saturated heterocycles. The van der Waals surface area contributed by atoms with Crippen LogP contribution in [0.15, 0.2) is 84.0 Å². The molecule has 0 fully saturated rings. The number of allylic oxidation sites excluding steroid dienone is 10. The van der Waals surface area contributed by atoms with Crippen molar-refractivity contribution < 1.29 is 0 Å². The Labute approximate surface area is 186 Å². The van der Waals surface area contributed by atoms with Crippen molar-refractivity contribution in [1.82, 2.24) is 0 Å². The number of fused-ring (bicyclic) bond motifs is 6. The summed E-state index contributed by atoms with van der Waals surface area (Å²) >= 11 is 0. The van der Waals surface area contributed by atoms with Crippen molar-refractivity contribution in [2.24, 2.45) is 0 Å². The zero-order valence-electron chi connectivity index (χ0n) is 18.7. The number of hydrogen-bond acceptors (Lipinski definition) is 0. The van der Waals surface area contributed by atoms with E-state index < -0.39 is 8.07 Å². The number of rotatable bonds is 2. The van der Waals surface area contributed by atoms with E-state index in [0.717, 1.165) is 0 Å². The number of hydrogen-bond donors (Lipinski definition) is 0. The molecule has 0 N–H and O–H groups in total. The third-order valence-corrected chi connectivity index (χ3v) is 11.5. The minimum atomic E-state index is -1.97. The molecule has 2 aromatic carbocycles. The molecular formula is C30H28Si. The smallest absolute Gasteiger partial charge is 0.0726 e. The minimum absolute atomic E-state index is 0.423. The van der Waals surface area contributed by atoms with Gasteiger partial charge in [-0.2, -0.15) is 0 Å². The molecule has 4 aliphatic carbocycles. The van der Waals surface area contributed by atoms with Gasteiger partial charge >= 0.3 is 0 Å². The molecule has 2 atom stereocenters. The second-order valence-electron chi connectivity index (χ2n) is 9.88. The van der Waals surface area contributed by atoms with E-state index in [1.54, 1.807) is 10.4 Å². The Bertz CT molecular complexity index is 1220. The first kappa shape index (κ1) is 18.8. The lowest BCUT2D eigenvalue weighted by atomic mass is 9.92. The lowest BCUT2D eigenvalue weighted by molar-refractivity contribution is 1.05. The van der Waals surface area contributed by atoms with Gasteiger partial charge in [-0.1, -0.05) is 109 Å². The van der Waals surface area contributed by atoms with Crippen molar-refractivity contribution in [2.45, 2.75) is 38.8 Å². The van der Waals surface area contributed by atoms with E-state index in [4.69, 9.17) is 0 Å². The van der Waals surface area contributed by atoms with E-state index in [9.17, 15) is 0 Å². The van der Waals surface area contributed by atoms with Crippen LogP contribution < -0.4 is 10.4 Å². The zero-order chi connectivity index (χ0) is 21.3. The van der Waals surface area contributed by atoms with Gasteiger partial charge in [0.25, 0.3) is 0 Å². The van der Waals surface area contributed by atoms with Crippen molar-refractivity contribution in [3.05, 3.63) is 117 Å². The summed E-state index contributed by atoms with van der Waals surface area (Å²) < 4.78 is 0. The van der Waals surface area contributed by atoms with E-state index in [1.807, 2.05) is 0 Å². The molecular weight excluding hydrogens is 388 g/mol. The summed E-state index contributed by atoms with van der Waals surface area (Å²) in [6, 6.07) is 9.47. The normalized spacial score (nSPS) is 22.1. The lowest BCUT2D eigenvalue weighted by Gasteiger charge is -2.32. The van der Waals surface area contributed by atoms with Crippen molar-refractivity contribution >= 4 is 30.6 Å². The molecule has 0 aromatic heterocycles. The van der Waals surface area contributed by atoms with Crippen LogP contribution in [0.5, 0.6) is 0 Å². The monoisotopic (exact) mass is 416 g/mol. The third kappa shape index (κ3) is 2.60. The Kier molecular flexibility index (Phi) is 3.98. The molecule has 6 rings (SSSR count). The highest BCUT2D eigenvalue weighted by Gasteiger charge is 2.38. The largest absolute Gasteiger partial charge is 0.114 e. The summed E-state index contributed by atoms with van der Waals surface area (Å²) in [5.41, 5.74) is 11.7. The second kappa shape index (κ2) is 6.55. The first-order valence-electron chi connectivity index (χ1n) is 11.4. The first-order chi connectivity index (χ1) is 15.0. The maximum Gasteiger partial charge on any atom is 0.114 e. The van der Waals surface area contributed by atoms with Gasteiger partial charge in [0.05, 0.1) is 0 Å². The maximum atomic E-state index is 2.57. The third-order valence-electron chi connectivity index (χ3n) is 7.64. The molecule has 0 heterocycles. The van der Waals surface area contributed by atoms with Gasteiger partial charge < -0.3 is 0 Å². The highest BCUT2D eigenvalue weighted by molar-refractivity contribution is 7.01. The van der Waals surface area contributed by atoms with E-state index in [0.29, 0.717) is 11.8 Å². The van der Waals surface area contributed by atoms with Crippen molar-refractivity contribution in [3.8, 4) is 0 Å².